The number of thiophene rings is 1. The van der Waals surface area contributed by atoms with Crippen LogP contribution >= 0.6 is 22.9 Å². The Kier molecular flexibility index (Phi) is 6.59. The maximum atomic E-state index is 11.8. The monoisotopic (exact) mass is 454 g/mol. The molecule has 4 aromatic rings. The van der Waals surface area contributed by atoms with Gasteiger partial charge in [-0.1, -0.05) is 29.8 Å². The van der Waals surface area contributed by atoms with E-state index in [0.29, 0.717) is 29.8 Å². The van der Waals surface area contributed by atoms with Gasteiger partial charge < -0.3 is 14.8 Å². The zero-order valence-corrected chi connectivity index (χ0v) is 18.2. The number of pyridine rings is 1. The number of benzene rings is 1. The van der Waals surface area contributed by atoms with Gasteiger partial charge in [-0.15, -0.1) is 11.3 Å². The zero-order valence-electron chi connectivity index (χ0n) is 16.7. The van der Waals surface area contributed by atoms with Gasteiger partial charge in [0.25, 0.3) is 0 Å². The average Bonchev–Trinajstić information content (AvgIpc) is 3.17. The van der Waals surface area contributed by atoms with Gasteiger partial charge >= 0.3 is 5.97 Å². The Balaban J connectivity index is 1.35. The summed E-state index contributed by atoms with van der Waals surface area (Å²) in [6.45, 7) is 2.74. The van der Waals surface area contributed by atoms with Crippen LogP contribution in [0.15, 0.2) is 54.2 Å². The third kappa shape index (κ3) is 5.10. The first-order valence-electron chi connectivity index (χ1n) is 9.66. The number of carbonyl (C=O) groups excluding carboxylic acids is 1. The number of anilines is 1. The predicted octanol–water partition coefficient (Wildman–Crippen LogP) is 5.36. The third-order valence-electron chi connectivity index (χ3n) is 4.39. The Morgan fingerprint density at radius 3 is 2.81 bits per heavy atom. The number of hydrogen-bond acceptors (Lipinski definition) is 8. The van der Waals surface area contributed by atoms with Gasteiger partial charge in [0.1, 0.15) is 22.7 Å². The first-order chi connectivity index (χ1) is 15.1. The van der Waals surface area contributed by atoms with Gasteiger partial charge in [-0.3, -0.25) is 0 Å². The molecule has 4 rings (SSSR count). The minimum Gasteiger partial charge on any atom is -0.461 e. The van der Waals surface area contributed by atoms with E-state index in [4.69, 9.17) is 21.1 Å². The average molecular weight is 455 g/mol. The van der Waals surface area contributed by atoms with E-state index < -0.39 is 5.97 Å². The van der Waals surface area contributed by atoms with Crippen LogP contribution in [0.25, 0.3) is 10.2 Å². The second-order valence-electron chi connectivity index (χ2n) is 6.49. The fourth-order valence-corrected chi connectivity index (χ4v) is 4.07. The van der Waals surface area contributed by atoms with Crippen LogP contribution in [0.5, 0.6) is 11.6 Å². The second-order valence-corrected chi connectivity index (χ2v) is 7.76. The summed E-state index contributed by atoms with van der Waals surface area (Å²) >= 11 is 7.74. The van der Waals surface area contributed by atoms with Crippen LogP contribution < -0.4 is 10.1 Å². The molecule has 0 amide bonds. The van der Waals surface area contributed by atoms with Gasteiger partial charge in [0.15, 0.2) is 5.69 Å². The maximum Gasteiger partial charge on any atom is 0.357 e. The number of aromatic nitrogens is 3. The molecule has 1 N–H and O–H groups in total. The summed E-state index contributed by atoms with van der Waals surface area (Å²) in [5, 5.41) is 6.71. The van der Waals surface area contributed by atoms with Crippen molar-refractivity contribution in [3.63, 3.8) is 0 Å². The van der Waals surface area contributed by atoms with Crippen LogP contribution in [0, 0.1) is 0 Å². The van der Waals surface area contributed by atoms with Crippen molar-refractivity contribution in [3.05, 3.63) is 70.5 Å². The molecule has 158 valence electrons. The van der Waals surface area contributed by atoms with E-state index in [-0.39, 0.29) is 5.69 Å². The number of ether oxygens (including phenoxy) is 2. The third-order valence-corrected chi connectivity index (χ3v) is 5.70. The van der Waals surface area contributed by atoms with E-state index >= 15 is 0 Å². The molecule has 0 fully saturated rings. The quantitative estimate of drug-likeness (QED) is 0.358. The smallest absolute Gasteiger partial charge is 0.357 e. The molecule has 0 aliphatic rings. The van der Waals surface area contributed by atoms with E-state index in [2.05, 4.69) is 20.3 Å². The van der Waals surface area contributed by atoms with Crippen LogP contribution in [0.4, 0.5) is 5.82 Å². The molecule has 0 bridgehead atoms. The summed E-state index contributed by atoms with van der Waals surface area (Å²) in [4.78, 5) is 25.4. The Morgan fingerprint density at radius 1 is 1.16 bits per heavy atom. The van der Waals surface area contributed by atoms with Gasteiger partial charge in [-0.25, -0.2) is 19.7 Å². The van der Waals surface area contributed by atoms with E-state index in [1.165, 1.54) is 17.7 Å². The number of nitrogens with zero attached hydrogens (tertiary/aromatic N) is 3. The highest BCUT2D eigenvalue weighted by Crippen LogP contribution is 2.32. The van der Waals surface area contributed by atoms with Crippen molar-refractivity contribution in [2.45, 2.75) is 13.3 Å². The summed E-state index contributed by atoms with van der Waals surface area (Å²) < 4.78 is 10.7. The van der Waals surface area contributed by atoms with Crippen molar-refractivity contribution in [2.75, 3.05) is 18.5 Å². The Hall–Kier alpha value is -3.23. The fraction of sp³-hybridized carbons (Fsp3) is 0.182. The molecule has 0 saturated carbocycles. The van der Waals surface area contributed by atoms with Crippen molar-refractivity contribution in [1.29, 1.82) is 0 Å². The summed E-state index contributed by atoms with van der Waals surface area (Å²) in [5.74, 6) is 1.23. The molecule has 0 unspecified atom stereocenters. The number of fused-ring (bicyclic) bond motifs is 1. The van der Waals surface area contributed by atoms with Gasteiger partial charge in [-0.2, -0.15) is 0 Å². The van der Waals surface area contributed by atoms with Gasteiger partial charge in [0.05, 0.1) is 17.0 Å². The van der Waals surface area contributed by atoms with Crippen LogP contribution in [0.3, 0.4) is 0 Å². The number of rotatable bonds is 8. The van der Waals surface area contributed by atoms with Crippen molar-refractivity contribution >= 4 is 44.9 Å². The second kappa shape index (κ2) is 9.72. The van der Waals surface area contributed by atoms with Gasteiger partial charge in [-0.05, 0) is 37.1 Å². The first kappa shape index (κ1) is 21.0. The highest BCUT2D eigenvalue weighted by molar-refractivity contribution is 7.17. The highest BCUT2D eigenvalue weighted by atomic mass is 35.5. The minimum absolute atomic E-state index is 0.214. The SMILES string of the molecule is CCOC(=O)c1cccc(Oc2ccc(CCNc3ncnc4scc(Cl)c34)cc2)n1. The lowest BCUT2D eigenvalue weighted by molar-refractivity contribution is 0.0518. The molecule has 0 aliphatic heterocycles. The van der Waals surface area contributed by atoms with Crippen molar-refractivity contribution in [3.8, 4) is 11.6 Å². The Labute approximate surface area is 188 Å². The lowest BCUT2D eigenvalue weighted by atomic mass is 10.1. The normalized spacial score (nSPS) is 10.8. The number of carbonyl (C=O) groups is 1. The lowest BCUT2D eigenvalue weighted by Crippen LogP contribution is -2.07. The maximum absolute atomic E-state index is 11.8. The fourth-order valence-electron chi connectivity index (χ4n) is 2.94. The molecule has 31 heavy (non-hydrogen) atoms. The summed E-state index contributed by atoms with van der Waals surface area (Å²) in [6.07, 6.45) is 2.33. The molecule has 0 saturated heterocycles. The first-order valence-corrected chi connectivity index (χ1v) is 10.9. The summed E-state index contributed by atoms with van der Waals surface area (Å²) in [5.41, 5.74) is 1.35. The molecule has 9 heteroatoms. The molecule has 3 aromatic heterocycles. The lowest BCUT2D eigenvalue weighted by Gasteiger charge is -2.09. The molecule has 1 aromatic carbocycles. The largest absolute Gasteiger partial charge is 0.461 e. The Bertz CT molecular complexity index is 1200. The number of esters is 1. The van der Waals surface area contributed by atoms with Crippen LogP contribution in [-0.4, -0.2) is 34.1 Å². The number of nitrogens with one attached hydrogen (secondary N) is 1. The van der Waals surface area contributed by atoms with Crippen molar-refractivity contribution < 1.29 is 14.3 Å². The Morgan fingerprint density at radius 2 is 2.00 bits per heavy atom. The predicted molar refractivity (Wildman–Crippen MR) is 121 cm³/mol. The van der Waals surface area contributed by atoms with Crippen molar-refractivity contribution in [2.24, 2.45) is 0 Å². The van der Waals surface area contributed by atoms with E-state index in [0.717, 1.165) is 28.0 Å². The molecular weight excluding hydrogens is 436 g/mol. The standard InChI is InChI=1S/C22H19ClN4O3S/c1-2-29-22(28)17-4-3-5-18(27-17)30-15-8-6-14(7-9-15)10-11-24-20-19-16(23)12-31-21(19)26-13-25-20/h3-9,12-13H,2,10-11H2,1H3,(H,24,25,26). The molecule has 0 spiro atoms. The minimum atomic E-state index is -0.472. The van der Waals surface area contributed by atoms with Crippen LogP contribution in [0.2, 0.25) is 5.02 Å². The molecular formula is C22H19ClN4O3S. The number of halogens is 1. The van der Waals surface area contributed by atoms with E-state index in [9.17, 15) is 4.79 Å². The molecule has 0 aliphatic carbocycles. The van der Waals surface area contributed by atoms with Gasteiger partial charge in [0, 0.05) is 18.0 Å². The molecule has 0 radical (unpaired) electrons. The van der Waals surface area contributed by atoms with Crippen molar-refractivity contribution in [1.82, 2.24) is 15.0 Å². The van der Waals surface area contributed by atoms with E-state index in [1.807, 2.05) is 29.6 Å². The summed E-state index contributed by atoms with van der Waals surface area (Å²) in [6, 6.07) is 12.7. The summed E-state index contributed by atoms with van der Waals surface area (Å²) in [7, 11) is 0. The molecule has 0 atom stereocenters. The van der Waals surface area contributed by atoms with E-state index in [1.54, 1.807) is 25.1 Å². The molecule has 3 heterocycles. The van der Waals surface area contributed by atoms with Crippen LogP contribution in [-0.2, 0) is 11.2 Å². The zero-order chi connectivity index (χ0) is 21.6. The van der Waals surface area contributed by atoms with Crippen LogP contribution in [0.1, 0.15) is 23.0 Å². The topological polar surface area (TPSA) is 86.2 Å². The van der Waals surface area contributed by atoms with Gasteiger partial charge in [0.2, 0.25) is 5.88 Å². The molecule has 7 nitrogen and oxygen atoms in total. The highest BCUT2D eigenvalue weighted by Gasteiger charge is 2.11. The number of hydrogen-bond donors (Lipinski definition) is 1.